The van der Waals surface area contributed by atoms with Crippen molar-refractivity contribution >= 4 is 39.7 Å². The van der Waals surface area contributed by atoms with Gasteiger partial charge in [0.2, 0.25) is 15.9 Å². The summed E-state index contributed by atoms with van der Waals surface area (Å²) < 4.78 is 25.8. The van der Waals surface area contributed by atoms with E-state index in [1.807, 2.05) is 19.1 Å². The van der Waals surface area contributed by atoms with E-state index in [-0.39, 0.29) is 24.1 Å². The SMILES string of the molecule is Cc1ccc(NC(=O)CCC2CCNCC2)cc1N1CCCS1(=O)=O.Cl. The summed E-state index contributed by atoms with van der Waals surface area (Å²) in [7, 11) is -3.22. The van der Waals surface area contributed by atoms with Gasteiger partial charge in [-0.15, -0.1) is 12.4 Å². The quantitative estimate of drug-likeness (QED) is 0.795. The molecule has 0 spiro atoms. The van der Waals surface area contributed by atoms with Crippen LogP contribution in [0.15, 0.2) is 18.2 Å². The fraction of sp³-hybridized carbons (Fsp3) is 0.611. The summed E-state index contributed by atoms with van der Waals surface area (Å²) in [6.07, 6.45) is 4.33. The molecule has 6 nitrogen and oxygen atoms in total. The van der Waals surface area contributed by atoms with Crippen molar-refractivity contribution in [3.8, 4) is 0 Å². The number of anilines is 2. The second-order valence-electron chi connectivity index (χ2n) is 7.02. The molecule has 0 unspecified atom stereocenters. The lowest BCUT2D eigenvalue weighted by Gasteiger charge is -2.22. The van der Waals surface area contributed by atoms with Crippen molar-refractivity contribution in [2.24, 2.45) is 5.92 Å². The second-order valence-corrected chi connectivity index (χ2v) is 9.04. The molecule has 0 radical (unpaired) electrons. The fourth-order valence-electron chi connectivity index (χ4n) is 3.60. The van der Waals surface area contributed by atoms with E-state index in [0.29, 0.717) is 36.7 Å². The Balaban J connectivity index is 0.00000243. The van der Waals surface area contributed by atoms with Crippen LogP contribution in [0.5, 0.6) is 0 Å². The number of hydrogen-bond donors (Lipinski definition) is 2. The molecule has 0 aromatic heterocycles. The second kappa shape index (κ2) is 9.06. The molecule has 1 amide bonds. The number of aryl methyl sites for hydroxylation is 1. The smallest absolute Gasteiger partial charge is 0.235 e. The molecule has 26 heavy (non-hydrogen) atoms. The molecule has 0 atom stereocenters. The Kier molecular flexibility index (Phi) is 7.32. The van der Waals surface area contributed by atoms with E-state index in [0.717, 1.165) is 37.9 Å². The summed E-state index contributed by atoms with van der Waals surface area (Å²) in [5.74, 6) is 0.812. The number of piperidine rings is 1. The third-order valence-electron chi connectivity index (χ3n) is 5.10. The molecule has 0 saturated carbocycles. The van der Waals surface area contributed by atoms with Gasteiger partial charge in [0.15, 0.2) is 0 Å². The molecule has 0 bridgehead atoms. The van der Waals surface area contributed by atoms with E-state index < -0.39 is 10.0 Å². The number of sulfonamides is 1. The highest BCUT2D eigenvalue weighted by molar-refractivity contribution is 7.93. The molecule has 1 aromatic carbocycles. The molecule has 2 aliphatic heterocycles. The standard InChI is InChI=1S/C18H27N3O3S.ClH/c1-14-3-5-16(13-17(14)21-11-2-12-25(21,23)24)20-18(22)6-4-15-7-9-19-10-8-15;/h3,5,13,15,19H,2,4,6-12H2,1H3,(H,20,22);1H. The summed E-state index contributed by atoms with van der Waals surface area (Å²) in [4.78, 5) is 12.2. The average molecular weight is 402 g/mol. The number of carbonyl (C=O) groups is 1. The van der Waals surface area contributed by atoms with Crippen LogP contribution in [-0.4, -0.2) is 39.7 Å². The molecule has 3 rings (SSSR count). The van der Waals surface area contributed by atoms with Gasteiger partial charge < -0.3 is 10.6 Å². The van der Waals surface area contributed by atoms with Gasteiger partial charge in [-0.2, -0.15) is 0 Å². The minimum atomic E-state index is -3.22. The van der Waals surface area contributed by atoms with E-state index in [9.17, 15) is 13.2 Å². The van der Waals surface area contributed by atoms with Crippen LogP contribution in [-0.2, 0) is 14.8 Å². The van der Waals surface area contributed by atoms with Crippen LogP contribution in [0.2, 0.25) is 0 Å². The third kappa shape index (κ3) is 5.11. The van der Waals surface area contributed by atoms with E-state index >= 15 is 0 Å². The van der Waals surface area contributed by atoms with Crippen LogP contribution in [0, 0.1) is 12.8 Å². The third-order valence-corrected chi connectivity index (χ3v) is 6.95. The first kappa shape index (κ1) is 21.0. The number of amides is 1. The Labute approximate surface area is 162 Å². The molecule has 2 heterocycles. The fourth-order valence-corrected chi connectivity index (χ4v) is 5.21. The molecule has 2 fully saturated rings. The Morgan fingerprint density at radius 3 is 2.69 bits per heavy atom. The number of benzene rings is 1. The molecule has 2 saturated heterocycles. The maximum atomic E-state index is 12.2. The largest absolute Gasteiger partial charge is 0.326 e. The number of rotatable bonds is 5. The topological polar surface area (TPSA) is 78.5 Å². The maximum absolute atomic E-state index is 12.2. The zero-order chi connectivity index (χ0) is 17.9. The van der Waals surface area contributed by atoms with Crippen molar-refractivity contribution in [3.05, 3.63) is 23.8 Å². The van der Waals surface area contributed by atoms with Crippen molar-refractivity contribution in [1.29, 1.82) is 0 Å². The van der Waals surface area contributed by atoms with E-state index in [1.54, 1.807) is 6.07 Å². The Morgan fingerprint density at radius 1 is 1.31 bits per heavy atom. The lowest BCUT2D eigenvalue weighted by Crippen LogP contribution is -2.28. The molecular weight excluding hydrogens is 374 g/mol. The predicted molar refractivity (Wildman–Crippen MR) is 108 cm³/mol. The first-order valence-electron chi connectivity index (χ1n) is 9.07. The van der Waals surface area contributed by atoms with Gasteiger partial charge in [0.25, 0.3) is 0 Å². The highest BCUT2D eigenvalue weighted by atomic mass is 35.5. The number of hydrogen-bond acceptors (Lipinski definition) is 4. The van der Waals surface area contributed by atoms with Crippen LogP contribution in [0.25, 0.3) is 0 Å². The van der Waals surface area contributed by atoms with Gasteiger partial charge in [-0.1, -0.05) is 6.07 Å². The van der Waals surface area contributed by atoms with Gasteiger partial charge in [0.1, 0.15) is 0 Å². The van der Waals surface area contributed by atoms with Crippen molar-refractivity contribution < 1.29 is 13.2 Å². The normalized spacial score (nSPS) is 19.8. The minimum Gasteiger partial charge on any atom is -0.326 e. The van der Waals surface area contributed by atoms with Crippen LogP contribution < -0.4 is 14.9 Å². The summed E-state index contributed by atoms with van der Waals surface area (Å²) in [6, 6.07) is 5.48. The van der Waals surface area contributed by atoms with E-state index in [1.165, 1.54) is 4.31 Å². The van der Waals surface area contributed by atoms with Gasteiger partial charge in [0.05, 0.1) is 11.4 Å². The van der Waals surface area contributed by atoms with Crippen molar-refractivity contribution in [1.82, 2.24) is 5.32 Å². The number of nitrogens with zero attached hydrogens (tertiary/aromatic N) is 1. The van der Waals surface area contributed by atoms with Gasteiger partial charge >= 0.3 is 0 Å². The number of nitrogens with one attached hydrogen (secondary N) is 2. The summed E-state index contributed by atoms with van der Waals surface area (Å²) in [6.45, 7) is 4.48. The molecular formula is C18H28ClN3O3S. The lowest BCUT2D eigenvalue weighted by atomic mass is 9.93. The molecule has 1 aromatic rings. The highest BCUT2D eigenvalue weighted by Crippen LogP contribution is 2.30. The zero-order valence-corrected chi connectivity index (χ0v) is 16.8. The van der Waals surface area contributed by atoms with Crippen molar-refractivity contribution in [3.63, 3.8) is 0 Å². The molecule has 8 heteroatoms. The van der Waals surface area contributed by atoms with Crippen LogP contribution in [0.3, 0.4) is 0 Å². The molecule has 0 aliphatic carbocycles. The lowest BCUT2D eigenvalue weighted by molar-refractivity contribution is -0.116. The number of carbonyl (C=O) groups excluding carboxylic acids is 1. The molecule has 2 N–H and O–H groups in total. The maximum Gasteiger partial charge on any atom is 0.235 e. The summed E-state index contributed by atoms with van der Waals surface area (Å²) >= 11 is 0. The first-order chi connectivity index (χ1) is 12.0. The Morgan fingerprint density at radius 2 is 2.04 bits per heavy atom. The van der Waals surface area contributed by atoms with Crippen LogP contribution in [0.4, 0.5) is 11.4 Å². The van der Waals surface area contributed by atoms with Crippen LogP contribution >= 0.6 is 12.4 Å². The van der Waals surface area contributed by atoms with Gasteiger partial charge in [-0.05, 0) is 69.3 Å². The zero-order valence-electron chi connectivity index (χ0n) is 15.2. The van der Waals surface area contributed by atoms with Gasteiger partial charge in [-0.3, -0.25) is 9.10 Å². The van der Waals surface area contributed by atoms with Crippen LogP contribution in [0.1, 0.15) is 37.7 Å². The van der Waals surface area contributed by atoms with E-state index in [2.05, 4.69) is 10.6 Å². The number of halogens is 1. The summed E-state index contributed by atoms with van der Waals surface area (Å²) in [5, 5.41) is 6.26. The minimum absolute atomic E-state index is 0. The first-order valence-corrected chi connectivity index (χ1v) is 10.7. The molecule has 2 aliphatic rings. The Hall–Kier alpha value is -1.31. The molecule has 146 valence electrons. The highest BCUT2D eigenvalue weighted by Gasteiger charge is 2.29. The Bertz CT molecular complexity index is 733. The predicted octanol–water partition coefficient (Wildman–Crippen LogP) is 2.68. The van der Waals surface area contributed by atoms with Gasteiger partial charge in [0, 0.05) is 18.7 Å². The monoisotopic (exact) mass is 401 g/mol. The average Bonchev–Trinajstić information content (AvgIpc) is 2.95. The van der Waals surface area contributed by atoms with E-state index in [4.69, 9.17) is 0 Å². The van der Waals surface area contributed by atoms with Crippen molar-refractivity contribution in [2.45, 2.75) is 39.0 Å². The summed E-state index contributed by atoms with van der Waals surface area (Å²) in [5.41, 5.74) is 2.24. The van der Waals surface area contributed by atoms with Gasteiger partial charge in [-0.25, -0.2) is 8.42 Å². The van der Waals surface area contributed by atoms with Crippen molar-refractivity contribution in [2.75, 3.05) is 35.0 Å².